The number of hydrogen-bond donors (Lipinski definition) is 2. The fourth-order valence-electron chi connectivity index (χ4n) is 4.12. The summed E-state index contributed by atoms with van der Waals surface area (Å²) in [6.45, 7) is 1.85. The molecule has 3 heterocycles. The summed E-state index contributed by atoms with van der Waals surface area (Å²) >= 11 is 7.56. The molecule has 2 aliphatic carbocycles. The Hall–Kier alpha value is -3.04. The Morgan fingerprint density at radius 1 is 1.15 bits per heavy atom. The summed E-state index contributed by atoms with van der Waals surface area (Å²) in [5.74, 6) is 0.275. The van der Waals surface area contributed by atoms with Crippen molar-refractivity contribution >= 4 is 39.9 Å². The summed E-state index contributed by atoms with van der Waals surface area (Å²) < 4.78 is 5.44. The lowest BCUT2D eigenvalue weighted by molar-refractivity contribution is -0.125. The number of aryl methyl sites for hydroxylation is 2. The number of hydrogen-bond acceptors (Lipinski definition) is 7. The Kier molecular flexibility index (Phi) is 6.22. The highest BCUT2D eigenvalue weighted by molar-refractivity contribution is 7.15. The second-order valence-electron chi connectivity index (χ2n) is 8.64. The van der Waals surface area contributed by atoms with Crippen LogP contribution >= 0.6 is 22.9 Å². The van der Waals surface area contributed by atoms with Crippen molar-refractivity contribution in [3.63, 3.8) is 0 Å². The van der Waals surface area contributed by atoms with Crippen LogP contribution in [0.1, 0.15) is 45.9 Å². The molecule has 1 fully saturated rings. The van der Waals surface area contributed by atoms with Crippen LogP contribution in [0.15, 0.2) is 24.5 Å². The van der Waals surface area contributed by atoms with E-state index in [4.69, 9.17) is 16.3 Å². The molecule has 0 aliphatic heterocycles. The number of carbonyl (C=O) groups is 2. The second kappa shape index (κ2) is 9.31. The first-order chi connectivity index (χ1) is 16.4. The van der Waals surface area contributed by atoms with Gasteiger partial charge in [-0.2, -0.15) is 0 Å². The molecule has 3 aromatic heterocycles. The van der Waals surface area contributed by atoms with Gasteiger partial charge in [0.15, 0.2) is 5.13 Å². The molecule has 0 aromatic carbocycles. The Bertz CT molecular complexity index is 1270. The number of anilines is 1. The number of aromatic nitrogens is 3. The van der Waals surface area contributed by atoms with Crippen LogP contribution < -0.4 is 15.4 Å². The molecule has 1 atom stereocenters. The van der Waals surface area contributed by atoms with Gasteiger partial charge in [0.1, 0.15) is 10.9 Å². The Morgan fingerprint density at radius 3 is 2.74 bits per heavy atom. The van der Waals surface area contributed by atoms with Gasteiger partial charge in [-0.25, -0.2) is 9.97 Å². The van der Waals surface area contributed by atoms with Gasteiger partial charge >= 0.3 is 0 Å². The van der Waals surface area contributed by atoms with E-state index in [-0.39, 0.29) is 17.7 Å². The summed E-state index contributed by atoms with van der Waals surface area (Å²) in [5, 5.41) is 6.83. The van der Waals surface area contributed by atoms with Gasteiger partial charge in [0.2, 0.25) is 5.91 Å². The minimum absolute atomic E-state index is 0.0334. The van der Waals surface area contributed by atoms with Crippen LogP contribution in [0.2, 0.25) is 5.15 Å². The normalized spacial score (nSPS) is 17.1. The van der Waals surface area contributed by atoms with Gasteiger partial charge in [0, 0.05) is 39.9 Å². The molecule has 3 aromatic rings. The van der Waals surface area contributed by atoms with Crippen molar-refractivity contribution in [2.24, 2.45) is 5.92 Å². The minimum atomic E-state index is -0.327. The number of nitrogens with one attached hydrogen (secondary N) is 2. The van der Waals surface area contributed by atoms with Crippen LogP contribution in [0.25, 0.3) is 11.1 Å². The molecule has 34 heavy (non-hydrogen) atoms. The van der Waals surface area contributed by atoms with Crippen molar-refractivity contribution in [1.82, 2.24) is 20.3 Å². The standard InChI is InChI=1S/C24H24ClN5O3S/c1-12-7-15(16-9-21(25)27-11-19(16)33-2)17(10-26-12)23(32)30-24-29-18-6-3-13(8-20(18)34-24)22(31)28-14-4-5-14/h7,9-11,13-14H,3-6,8H2,1-2H3,(H,28,31)(H,29,30,32)/t13-/m0/s1. The number of halogens is 1. The van der Waals surface area contributed by atoms with E-state index in [1.54, 1.807) is 19.4 Å². The van der Waals surface area contributed by atoms with Crippen LogP contribution in [0, 0.1) is 12.8 Å². The SMILES string of the molecule is COc1cnc(Cl)cc1-c1cc(C)ncc1C(=O)Nc1nc2c(s1)C[C@@H](C(=O)NC1CC1)CC2. The minimum Gasteiger partial charge on any atom is -0.494 e. The van der Waals surface area contributed by atoms with Crippen LogP contribution in [-0.4, -0.2) is 39.9 Å². The maximum absolute atomic E-state index is 13.3. The number of thiazole rings is 1. The van der Waals surface area contributed by atoms with Crippen LogP contribution in [0.4, 0.5) is 5.13 Å². The van der Waals surface area contributed by atoms with E-state index < -0.39 is 0 Å². The molecule has 0 radical (unpaired) electrons. The Balaban J connectivity index is 1.38. The zero-order chi connectivity index (χ0) is 23.8. The van der Waals surface area contributed by atoms with E-state index in [1.807, 2.05) is 13.0 Å². The predicted molar refractivity (Wildman–Crippen MR) is 131 cm³/mol. The average Bonchev–Trinajstić information content (AvgIpc) is 3.54. The first-order valence-corrected chi connectivity index (χ1v) is 12.4. The lowest BCUT2D eigenvalue weighted by Crippen LogP contribution is -2.35. The summed E-state index contributed by atoms with van der Waals surface area (Å²) in [5.41, 5.74) is 3.38. The Morgan fingerprint density at radius 2 is 1.97 bits per heavy atom. The maximum Gasteiger partial charge on any atom is 0.259 e. The number of rotatable bonds is 6. The van der Waals surface area contributed by atoms with Gasteiger partial charge in [0.05, 0.1) is 24.6 Å². The molecule has 0 spiro atoms. The van der Waals surface area contributed by atoms with Gasteiger partial charge in [-0.1, -0.05) is 11.6 Å². The highest BCUT2D eigenvalue weighted by Crippen LogP contribution is 2.36. The lowest BCUT2D eigenvalue weighted by Gasteiger charge is -2.20. The molecule has 0 saturated heterocycles. The molecule has 2 aliphatic rings. The van der Waals surface area contributed by atoms with E-state index >= 15 is 0 Å². The summed E-state index contributed by atoms with van der Waals surface area (Å²) in [7, 11) is 1.54. The number of ether oxygens (including phenoxy) is 1. The topological polar surface area (TPSA) is 106 Å². The van der Waals surface area contributed by atoms with Gasteiger partial charge in [-0.15, -0.1) is 11.3 Å². The van der Waals surface area contributed by atoms with E-state index in [0.29, 0.717) is 45.2 Å². The highest BCUT2D eigenvalue weighted by Gasteiger charge is 2.31. The monoisotopic (exact) mass is 497 g/mol. The van der Waals surface area contributed by atoms with Crippen molar-refractivity contribution in [2.45, 2.75) is 45.1 Å². The quantitative estimate of drug-likeness (QED) is 0.494. The van der Waals surface area contributed by atoms with Crippen molar-refractivity contribution in [3.8, 4) is 16.9 Å². The maximum atomic E-state index is 13.3. The number of nitrogens with zero attached hydrogens (tertiary/aromatic N) is 3. The molecule has 176 valence electrons. The van der Waals surface area contributed by atoms with Crippen molar-refractivity contribution in [2.75, 3.05) is 12.4 Å². The highest BCUT2D eigenvalue weighted by atomic mass is 35.5. The third-order valence-corrected chi connectivity index (χ3v) is 7.33. The smallest absolute Gasteiger partial charge is 0.259 e. The number of amides is 2. The fourth-order valence-corrected chi connectivity index (χ4v) is 5.36. The third-order valence-electron chi connectivity index (χ3n) is 6.08. The zero-order valence-electron chi connectivity index (χ0n) is 18.9. The fraction of sp³-hybridized carbons (Fsp3) is 0.375. The zero-order valence-corrected chi connectivity index (χ0v) is 20.4. The molecule has 1 saturated carbocycles. The largest absolute Gasteiger partial charge is 0.494 e. The van der Waals surface area contributed by atoms with Gasteiger partial charge in [0.25, 0.3) is 5.91 Å². The van der Waals surface area contributed by atoms with E-state index in [2.05, 4.69) is 25.6 Å². The van der Waals surface area contributed by atoms with Gasteiger partial charge < -0.3 is 10.1 Å². The average molecular weight is 498 g/mol. The van der Waals surface area contributed by atoms with E-state index in [9.17, 15) is 9.59 Å². The molecule has 0 bridgehead atoms. The first-order valence-electron chi connectivity index (χ1n) is 11.2. The number of fused-ring (bicyclic) bond motifs is 1. The van der Waals surface area contributed by atoms with Crippen LogP contribution in [-0.2, 0) is 17.6 Å². The van der Waals surface area contributed by atoms with Crippen molar-refractivity contribution in [1.29, 1.82) is 0 Å². The molecule has 2 N–H and O–H groups in total. The van der Waals surface area contributed by atoms with E-state index in [1.165, 1.54) is 17.5 Å². The molecule has 5 rings (SSSR count). The third kappa shape index (κ3) is 4.76. The number of carbonyl (C=O) groups excluding carboxylic acids is 2. The summed E-state index contributed by atoms with van der Waals surface area (Å²) in [6, 6.07) is 3.84. The van der Waals surface area contributed by atoms with Crippen molar-refractivity contribution in [3.05, 3.63) is 51.5 Å². The van der Waals surface area contributed by atoms with Crippen LogP contribution in [0.5, 0.6) is 5.75 Å². The first kappa shape index (κ1) is 22.7. The molecule has 8 nitrogen and oxygen atoms in total. The van der Waals surface area contributed by atoms with Gasteiger partial charge in [-0.3, -0.25) is 19.9 Å². The predicted octanol–water partition coefficient (Wildman–Crippen LogP) is 4.21. The molecule has 2 amide bonds. The van der Waals surface area contributed by atoms with E-state index in [0.717, 1.165) is 41.9 Å². The van der Waals surface area contributed by atoms with Crippen LogP contribution in [0.3, 0.4) is 0 Å². The lowest BCUT2D eigenvalue weighted by atomic mass is 9.90. The molecular formula is C24H24ClN5O3S. The molecular weight excluding hydrogens is 474 g/mol. The Labute approximate surface area is 206 Å². The number of pyridine rings is 2. The van der Waals surface area contributed by atoms with Crippen molar-refractivity contribution < 1.29 is 14.3 Å². The second-order valence-corrected chi connectivity index (χ2v) is 10.1. The number of methoxy groups -OCH3 is 1. The summed E-state index contributed by atoms with van der Waals surface area (Å²) in [6.07, 6.45) is 7.39. The molecule has 10 heteroatoms. The molecule has 0 unspecified atom stereocenters. The summed E-state index contributed by atoms with van der Waals surface area (Å²) in [4.78, 5) is 39.8. The van der Waals surface area contributed by atoms with Gasteiger partial charge in [-0.05, 0) is 51.2 Å².